The van der Waals surface area contributed by atoms with Gasteiger partial charge in [-0.25, -0.2) is 4.79 Å². The fourth-order valence-corrected chi connectivity index (χ4v) is 1.60. The van der Waals surface area contributed by atoms with Crippen molar-refractivity contribution < 1.29 is 14.6 Å². The smallest absolute Gasteiger partial charge is 0.329 e. The molecule has 0 spiro atoms. The molecular weight excluding hydrogens is 253 g/mol. The van der Waals surface area contributed by atoms with Gasteiger partial charge in [0.05, 0.1) is 12.6 Å². The highest BCUT2D eigenvalue weighted by Gasteiger charge is 2.11. The van der Waals surface area contributed by atoms with E-state index < -0.39 is 12.0 Å². The summed E-state index contributed by atoms with van der Waals surface area (Å²) in [6.45, 7) is -0.307. The maximum Gasteiger partial charge on any atom is 0.329 e. The van der Waals surface area contributed by atoms with Gasteiger partial charge in [0, 0.05) is 10.0 Å². The molecule has 16 heavy (non-hydrogen) atoms. The Morgan fingerprint density at radius 2 is 2.19 bits per heavy atom. The molecule has 0 fully saturated rings. The van der Waals surface area contributed by atoms with E-state index in [0.717, 1.165) is 0 Å². The number of ether oxygens (including phenoxy) is 1. The summed E-state index contributed by atoms with van der Waals surface area (Å²) in [5, 5.41) is 9.39. The third-order valence-corrected chi connectivity index (χ3v) is 2.46. The van der Waals surface area contributed by atoms with Gasteiger partial charge in [0.15, 0.2) is 0 Å². The number of hydrogen-bond acceptors (Lipinski definition) is 3. The first-order valence-corrected chi connectivity index (χ1v) is 5.26. The van der Waals surface area contributed by atoms with Crippen LogP contribution < -0.4 is 5.73 Å². The summed E-state index contributed by atoms with van der Waals surface area (Å²) in [6.07, 6.45) is 0. The van der Waals surface area contributed by atoms with Crippen LogP contribution in [0, 0.1) is 0 Å². The second-order valence-electron chi connectivity index (χ2n) is 3.18. The molecule has 0 bridgehead atoms. The van der Waals surface area contributed by atoms with Crippen LogP contribution in [0.4, 0.5) is 0 Å². The first-order valence-electron chi connectivity index (χ1n) is 4.50. The van der Waals surface area contributed by atoms with E-state index in [1.54, 1.807) is 18.2 Å². The number of hydrogen-bond donors (Lipinski definition) is 2. The summed E-state index contributed by atoms with van der Waals surface area (Å²) in [6, 6.07) is 4.43. The Labute approximate surface area is 103 Å². The van der Waals surface area contributed by atoms with Crippen LogP contribution in [0.15, 0.2) is 18.2 Å². The Bertz CT molecular complexity index is 384. The van der Waals surface area contributed by atoms with Crippen molar-refractivity contribution in [3.05, 3.63) is 33.8 Å². The highest BCUT2D eigenvalue weighted by Crippen LogP contribution is 2.25. The van der Waals surface area contributed by atoms with Gasteiger partial charge in [0.2, 0.25) is 0 Å². The number of halogens is 2. The lowest BCUT2D eigenvalue weighted by Crippen LogP contribution is -2.20. The predicted octanol–water partition coefficient (Wildman–Crippen LogP) is 2.09. The Kier molecular flexibility index (Phi) is 5.02. The Hall–Kier alpha value is -0.810. The first kappa shape index (κ1) is 13.3. The second-order valence-corrected chi connectivity index (χ2v) is 4.02. The molecule has 3 N–H and O–H groups in total. The molecule has 6 heteroatoms. The van der Waals surface area contributed by atoms with E-state index in [2.05, 4.69) is 0 Å². The van der Waals surface area contributed by atoms with Crippen molar-refractivity contribution in [1.82, 2.24) is 0 Å². The molecule has 0 amide bonds. The van der Waals surface area contributed by atoms with Crippen molar-refractivity contribution >= 4 is 29.2 Å². The number of carboxylic acids is 1. The zero-order valence-electron chi connectivity index (χ0n) is 8.32. The number of carboxylic acid groups (broad SMARTS) is 1. The maximum atomic E-state index is 10.2. The van der Waals surface area contributed by atoms with Crippen LogP contribution in [0.3, 0.4) is 0 Å². The zero-order valence-corrected chi connectivity index (χ0v) is 9.83. The summed E-state index contributed by atoms with van der Waals surface area (Å²) in [5.41, 5.74) is 6.43. The van der Waals surface area contributed by atoms with Gasteiger partial charge in [-0.2, -0.15) is 0 Å². The molecule has 0 saturated heterocycles. The maximum absolute atomic E-state index is 10.2. The molecule has 4 nitrogen and oxygen atoms in total. The number of carbonyl (C=O) groups is 1. The van der Waals surface area contributed by atoms with Gasteiger partial charge >= 0.3 is 5.97 Å². The summed E-state index contributed by atoms with van der Waals surface area (Å²) in [4.78, 5) is 10.2. The lowest BCUT2D eigenvalue weighted by molar-refractivity contribution is -0.142. The van der Waals surface area contributed by atoms with Crippen molar-refractivity contribution in [2.45, 2.75) is 6.04 Å². The van der Waals surface area contributed by atoms with Crippen LogP contribution in [-0.2, 0) is 9.53 Å². The minimum Gasteiger partial charge on any atom is -0.480 e. The Morgan fingerprint density at radius 3 is 2.81 bits per heavy atom. The topological polar surface area (TPSA) is 72.5 Å². The van der Waals surface area contributed by atoms with Crippen molar-refractivity contribution in [3.63, 3.8) is 0 Å². The molecule has 1 aromatic rings. The largest absolute Gasteiger partial charge is 0.480 e. The van der Waals surface area contributed by atoms with Gasteiger partial charge in [-0.3, -0.25) is 0 Å². The molecule has 88 valence electrons. The fraction of sp³-hybridized carbons (Fsp3) is 0.300. The van der Waals surface area contributed by atoms with E-state index in [9.17, 15) is 4.79 Å². The highest BCUT2D eigenvalue weighted by atomic mass is 35.5. The standard InChI is InChI=1S/C10H11Cl2NO3/c11-6-1-2-8(12)7(3-6)9(13)4-16-5-10(14)15/h1-3,9H,4-5,13H2,(H,14,15). The second kappa shape index (κ2) is 6.06. The predicted molar refractivity (Wildman–Crippen MR) is 61.8 cm³/mol. The molecule has 1 aromatic carbocycles. The van der Waals surface area contributed by atoms with Gasteiger partial charge in [-0.15, -0.1) is 0 Å². The molecule has 0 radical (unpaired) electrons. The van der Waals surface area contributed by atoms with E-state index in [0.29, 0.717) is 15.6 Å². The molecule has 1 atom stereocenters. The van der Waals surface area contributed by atoms with Crippen LogP contribution in [0.2, 0.25) is 10.0 Å². The Balaban J connectivity index is 2.61. The summed E-state index contributed by atoms with van der Waals surface area (Å²) < 4.78 is 4.88. The average molecular weight is 264 g/mol. The van der Waals surface area contributed by atoms with Gasteiger partial charge in [-0.05, 0) is 23.8 Å². The lowest BCUT2D eigenvalue weighted by Gasteiger charge is -2.13. The number of aliphatic carboxylic acids is 1. The molecule has 0 saturated carbocycles. The molecule has 1 unspecified atom stereocenters. The molecule has 0 heterocycles. The minimum absolute atomic E-state index is 0.0758. The third kappa shape index (κ3) is 3.98. The van der Waals surface area contributed by atoms with Crippen LogP contribution in [0.25, 0.3) is 0 Å². The summed E-state index contributed by atoms with van der Waals surface area (Å²) >= 11 is 11.7. The molecule has 0 aliphatic heterocycles. The monoisotopic (exact) mass is 263 g/mol. The van der Waals surface area contributed by atoms with Gasteiger partial charge in [0.1, 0.15) is 6.61 Å². The highest BCUT2D eigenvalue weighted by molar-refractivity contribution is 6.33. The third-order valence-electron chi connectivity index (χ3n) is 1.88. The van der Waals surface area contributed by atoms with Gasteiger partial charge in [-0.1, -0.05) is 23.2 Å². The molecule has 0 aliphatic rings. The van der Waals surface area contributed by atoms with Crippen LogP contribution in [0.5, 0.6) is 0 Å². The van der Waals surface area contributed by atoms with Crippen molar-refractivity contribution in [2.75, 3.05) is 13.2 Å². The number of benzene rings is 1. The molecule has 0 aromatic heterocycles. The first-order chi connectivity index (χ1) is 7.50. The quantitative estimate of drug-likeness (QED) is 0.854. The minimum atomic E-state index is -1.04. The van der Waals surface area contributed by atoms with Crippen molar-refractivity contribution in [1.29, 1.82) is 0 Å². The Morgan fingerprint density at radius 1 is 1.50 bits per heavy atom. The lowest BCUT2D eigenvalue weighted by atomic mass is 10.1. The number of nitrogens with two attached hydrogens (primary N) is 1. The van der Waals surface area contributed by atoms with Crippen molar-refractivity contribution in [3.8, 4) is 0 Å². The van der Waals surface area contributed by atoms with Crippen molar-refractivity contribution in [2.24, 2.45) is 5.73 Å². The van der Waals surface area contributed by atoms with E-state index in [-0.39, 0.29) is 13.2 Å². The van der Waals surface area contributed by atoms with E-state index in [4.69, 9.17) is 38.8 Å². The van der Waals surface area contributed by atoms with E-state index in [1.165, 1.54) is 0 Å². The SMILES string of the molecule is NC(COCC(=O)O)c1cc(Cl)ccc1Cl. The van der Waals surface area contributed by atoms with E-state index >= 15 is 0 Å². The zero-order chi connectivity index (χ0) is 12.1. The van der Waals surface area contributed by atoms with Crippen LogP contribution in [-0.4, -0.2) is 24.3 Å². The fourth-order valence-electron chi connectivity index (χ4n) is 1.16. The summed E-state index contributed by atoms with van der Waals surface area (Å²) in [7, 11) is 0. The van der Waals surface area contributed by atoms with Crippen LogP contribution in [0.1, 0.15) is 11.6 Å². The molecule has 0 aliphatic carbocycles. The normalized spacial score (nSPS) is 12.4. The molecular formula is C10H11Cl2NO3. The summed E-state index contributed by atoms with van der Waals surface area (Å²) in [5.74, 6) is -1.04. The van der Waals surface area contributed by atoms with Crippen LogP contribution >= 0.6 is 23.2 Å². The average Bonchev–Trinajstić information content (AvgIpc) is 2.21. The molecule has 1 rings (SSSR count). The van der Waals surface area contributed by atoms with E-state index in [1.807, 2.05) is 0 Å². The van der Waals surface area contributed by atoms with Gasteiger partial charge < -0.3 is 15.6 Å². The van der Waals surface area contributed by atoms with Gasteiger partial charge in [0.25, 0.3) is 0 Å². The number of rotatable bonds is 5.